The van der Waals surface area contributed by atoms with Crippen molar-refractivity contribution in [3.63, 3.8) is 0 Å². The first-order valence-electron chi connectivity index (χ1n) is 5.80. The molecule has 0 saturated carbocycles. The van der Waals surface area contributed by atoms with Gasteiger partial charge in [0.1, 0.15) is 0 Å². The Morgan fingerprint density at radius 1 is 1.21 bits per heavy atom. The molecule has 0 spiro atoms. The van der Waals surface area contributed by atoms with Crippen LogP contribution in [0.1, 0.15) is 53.4 Å². The molecule has 1 nitrogen and oxygen atoms in total. The molecule has 0 amide bonds. The van der Waals surface area contributed by atoms with E-state index in [1.165, 1.54) is 25.7 Å². The highest BCUT2D eigenvalue weighted by Crippen LogP contribution is 2.48. The Balaban J connectivity index is 2.67. The Labute approximate surface area is 96.7 Å². The highest BCUT2D eigenvalue weighted by atomic mass is 79.9. The Kier molecular flexibility index (Phi) is 4.04. The van der Waals surface area contributed by atoms with Gasteiger partial charge >= 0.3 is 0 Å². The van der Waals surface area contributed by atoms with Gasteiger partial charge in [0.25, 0.3) is 0 Å². The van der Waals surface area contributed by atoms with E-state index in [9.17, 15) is 0 Å². The summed E-state index contributed by atoms with van der Waals surface area (Å²) in [7, 11) is 0. The van der Waals surface area contributed by atoms with Gasteiger partial charge in [-0.1, -0.05) is 36.7 Å². The molecule has 1 saturated heterocycles. The van der Waals surface area contributed by atoms with Gasteiger partial charge in [0.2, 0.25) is 0 Å². The number of halogens is 1. The molecule has 0 aliphatic carbocycles. The van der Waals surface area contributed by atoms with Gasteiger partial charge in [0, 0.05) is 4.32 Å². The summed E-state index contributed by atoms with van der Waals surface area (Å²) >= 11 is 3.84. The largest absolute Gasteiger partial charge is 0.373 e. The molecule has 1 rings (SSSR count). The Morgan fingerprint density at radius 3 is 2.00 bits per heavy atom. The zero-order valence-electron chi connectivity index (χ0n) is 9.90. The van der Waals surface area contributed by atoms with Crippen LogP contribution in [-0.4, -0.2) is 17.0 Å². The van der Waals surface area contributed by atoms with Gasteiger partial charge < -0.3 is 4.74 Å². The summed E-state index contributed by atoms with van der Waals surface area (Å²) in [5, 5.41) is 0. The standard InChI is InChI=1S/C12H23BrO/c1-5-11(4,13)9-12(6-2,7-3)10-8-14-10/h10H,5-9H2,1-4H3. The third-order valence-corrected chi connectivity index (χ3v) is 4.72. The van der Waals surface area contributed by atoms with Crippen LogP contribution in [-0.2, 0) is 4.74 Å². The summed E-state index contributed by atoms with van der Waals surface area (Å²) in [6, 6.07) is 0. The van der Waals surface area contributed by atoms with Crippen molar-refractivity contribution in [2.75, 3.05) is 6.61 Å². The smallest absolute Gasteiger partial charge is 0.0866 e. The second-order valence-electron chi connectivity index (χ2n) is 4.84. The van der Waals surface area contributed by atoms with Crippen molar-refractivity contribution in [2.45, 2.75) is 63.8 Å². The molecule has 2 unspecified atom stereocenters. The molecule has 1 aliphatic rings. The van der Waals surface area contributed by atoms with Gasteiger partial charge in [-0.3, -0.25) is 0 Å². The van der Waals surface area contributed by atoms with E-state index in [1.807, 2.05) is 0 Å². The summed E-state index contributed by atoms with van der Waals surface area (Å²) in [5.74, 6) is 0. The van der Waals surface area contributed by atoms with E-state index in [2.05, 4.69) is 43.6 Å². The first-order chi connectivity index (χ1) is 6.49. The van der Waals surface area contributed by atoms with E-state index < -0.39 is 0 Å². The van der Waals surface area contributed by atoms with E-state index in [0.717, 1.165) is 6.61 Å². The molecule has 0 aromatic carbocycles. The Morgan fingerprint density at radius 2 is 1.71 bits per heavy atom. The minimum atomic E-state index is 0.283. The second-order valence-corrected chi connectivity index (χ2v) is 6.75. The average molecular weight is 263 g/mol. The molecule has 0 aromatic heterocycles. The van der Waals surface area contributed by atoms with Crippen LogP contribution in [0, 0.1) is 5.41 Å². The van der Waals surface area contributed by atoms with Gasteiger partial charge in [-0.05, 0) is 38.0 Å². The van der Waals surface area contributed by atoms with Gasteiger partial charge in [-0.2, -0.15) is 0 Å². The molecule has 14 heavy (non-hydrogen) atoms. The fraction of sp³-hybridized carbons (Fsp3) is 1.00. The van der Waals surface area contributed by atoms with Crippen molar-refractivity contribution in [1.29, 1.82) is 0 Å². The summed E-state index contributed by atoms with van der Waals surface area (Å²) in [4.78, 5) is 0. The lowest BCUT2D eigenvalue weighted by Gasteiger charge is -2.36. The molecule has 2 heteroatoms. The van der Waals surface area contributed by atoms with Crippen molar-refractivity contribution < 1.29 is 4.74 Å². The Bertz CT molecular complexity index is 181. The number of hydrogen-bond donors (Lipinski definition) is 0. The van der Waals surface area contributed by atoms with E-state index in [0.29, 0.717) is 11.5 Å². The fourth-order valence-corrected chi connectivity index (χ4v) is 2.89. The van der Waals surface area contributed by atoms with Crippen LogP contribution in [0.2, 0.25) is 0 Å². The van der Waals surface area contributed by atoms with Gasteiger partial charge in [-0.15, -0.1) is 0 Å². The lowest BCUT2D eigenvalue weighted by Crippen LogP contribution is -2.34. The summed E-state index contributed by atoms with van der Waals surface area (Å²) in [6.07, 6.45) is 5.40. The van der Waals surface area contributed by atoms with Crippen molar-refractivity contribution in [3.8, 4) is 0 Å². The zero-order valence-corrected chi connectivity index (χ0v) is 11.5. The monoisotopic (exact) mass is 262 g/mol. The van der Waals surface area contributed by atoms with Crippen LogP contribution in [0.3, 0.4) is 0 Å². The highest BCUT2D eigenvalue weighted by molar-refractivity contribution is 9.10. The Hall–Kier alpha value is 0.440. The van der Waals surface area contributed by atoms with Crippen LogP contribution in [0.25, 0.3) is 0 Å². The van der Waals surface area contributed by atoms with Gasteiger partial charge in [0.05, 0.1) is 12.7 Å². The van der Waals surface area contributed by atoms with Crippen molar-refractivity contribution in [2.24, 2.45) is 5.41 Å². The van der Waals surface area contributed by atoms with Crippen LogP contribution < -0.4 is 0 Å². The van der Waals surface area contributed by atoms with Crippen molar-refractivity contribution in [1.82, 2.24) is 0 Å². The summed E-state index contributed by atoms with van der Waals surface area (Å²) < 4.78 is 5.81. The molecule has 0 bridgehead atoms. The maximum atomic E-state index is 5.53. The average Bonchev–Trinajstić information content (AvgIpc) is 2.98. The maximum Gasteiger partial charge on any atom is 0.0866 e. The molecule has 2 atom stereocenters. The predicted octanol–water partition coefficient (Wildman–Crippen LogP) is 4.15. The third-order valence-electron chi connectivity index (χ3n) is 3.88. The van der Waals surface area contributed by atoms with E-state index >= 15 is 0 Å². The van der Waals surface area contributed by atoms with E-state index in [4.69, 9.17) is 4.74 Å². The fourth-order valence-electron chi connectivity index (χ4n) is 2.33. The number of alkyl halides is 1. The lowest BCUT2D eigenvalue weighted by molar-refractivity contribution is 0.149. The molecule has 1 aliphatic heterocycles. The van der Waals surface area contributed by atoms with E-state index in [1.54, 1.807) is 0 Å². The third kappa shape index (κ3) is 2.73. The summed E-state index contributed by atoms with van der Waals surface area (Å²) in [6.45, 7) is 10.1. The molecule has 0 N–H and O–H groups in total. The zero-order chi connectivity index (χ0) is 10.8. The number of hydrogen-bond acceptors (Lipinski definition) is 1. The number of epoxide rings is 1. The lowest BCUT2D eigenvalue weighted by atomic mass is 9.72. The second kappa shape index (κ2) is 4.52. The topological polar surface area (TPSA) is 12.5 Å². The molecule has 1 fully saturated rings. The quantitative estimate of drug-likeness (QED) is 0.518. The number of ether oxygens (including phenoxy) is 1. The maximum absolute atomic E-state index is 5.53. The minimum Gasteiger partial charge on any atom is -0.373 e. The molecule has 84 valence electrons. The van der Waals surface area contributed by atoms with Crippen LogP contribution in [0.5, 0.6) is 0 Å². The van der Waals surface area contributed by atoms with Crippen LogP contribution in [0.15, 0.2) is 0 Å². The van der Waals surface area contributed by atoms with Crippen molar-refractivity contribution in [3.05, 3.63) is 0 Å². The minimum absolute atomic E-state index is 0.283. The SMILES string of the molecule is CCC(C)(Br)CC(CC)(CC)C1CO1. The molecule has 0 radical (unpaired) electrons. The molecule has 0 aromatic rings. The van der Waals surface area contributed by atoms with E-state index in [-0.39, 0.29) is 4.32 Å². The summed E-state index contributed by atoms with van der Waals surface area (Å²) in [5.41, 5.74) is 0.411. The number of rotatable bonds is 6. The molecular weight excluding hydrogens is 240 g/mol. The first kappa shape index (κ1) is 12.5. The van der Waals surface area contributed by atoms with Gasteiger partial charge in [0.15, 0.2) is 0 Å². The van der Waals surface area contributed by atoms with Gasteiger partial charge in [-0.25, -0.2) is 0 Å². The predicted molar refractivity (Wildman–Crippen MR) is 65.0 cm³/mol. The normalized spacial score (nSPS) is 25.9. The first-order valence-corrected chi connectivity index (χ1v) is 6.59. The van der Waals surface area contributed by atoms with Crippen LogP contribution in [0.4, 0.5) is 0 Å². The highest BCUT2D eigenvalue weighted by Gasteiger charge is 2.46. The van der Waals surface area contributed by atoms with Crippen LogP contribution >= 0.6 is 15.9 Å². The molecular formula is C12H23BrO. The molecule has 1 heterocycles. The van der Waals surface area contributed by atoms with Crippen molar-refractivity contribution >= 4 is 15.9 Å².